The van der Waals surface area contributed by atoms with Crippen LogP contribution in [0.15, 0.2) is 78.5 Å². The van der Waals surface area contributed by atoms with Crippen LogP contribution >= 0.6 is 0 Å². The van der Waals surface area contributed by atoms with Gasteiger partial charge in [0.1, 0.15) is 0 Å². The lowest BCUT2D eigenvalue weighted by atomic mass is 9.95. The number of anilines is 1. The molecule has 2 rings (SSSR count). The van der Waals surface area contributed by atoms with E-state index in [0.29, 0.717) is 5.92 Å². The number of benzene rings is 2. The summed E-state index contributed by atoms with van der Waals surface area (Å²) in [5, 5.41) is 5.98. The van der Waals surface area contributed by atoms with Crippen molar-refractivity contribution in [3.63, 3.8) is 0 Å². The summed E-state index contributed by atoms with van der Waals surface area (Å²) in [5.41, 5.74) is 3.87. The summed E-state index contributed by atoms with van der Waals surface area (Å²) in [4.78, 5) is 0. The maximum absolute atomic E-state index is 3.76. The number of fused-ring (bicyclic) bond motifs is 1. The number of allylic oxidation sites excluding steroid dienone is 4. The normalized spacial score (nSPS) is 14.0. The van der Waals surface area contributed by atoms with Gasteiger partial charge in [0.25, 0.3) is 0 Å². The third-order valence-electron chi connectivity index (χ3n) is 4.05. The van der Waals surface area contributed by atoms with Crippen molar-refractivity contribution in [1.82, 2.24) is 0 Å². The minimum atomic E-state index is 0.531. The topological polar surface area (TPSA) is 12.0 Å². The maximum atomic E-state index is 3.76. The number of hydrogen-bond acceptors (Lipinski definition) is 1. The largest absolute Gasteiger partial charge is 0.361 e. The van der Waals surface area contributed by atoms with E-state index in [1.807, 2.05) is 6.08 Å². The molecule has 114 valence electrons. The van der Waals surface area contributed by atoms with Gasteiger partial charge in [-0.05, 0) is 43.8 Å². The first-order chi connectivity index (χ1) is 10.6. The van der Waals surface area contributed by atoms with E-state index in [1.165, 1.54) is 21.9 Å². The lowest BCUT2D eigenvalue weighted by molar-refractivity contribution is 0.671. The first-order valence-electron chi connectivity index (χ1n) is 7.81. The van der Waals surface area contributed by atoms with Crippen LogP contribution in [0.2, 0.25) is 0 Å². The minimum absolute atomic E-state index is 0.531. The van der Waals surface area contributed by atoms with E-state index in [0.717, 1.165) is 12.1 Å². The molecular weight excluding hydrogens is 266 g/mol. The van der Waals surface area contributed by atoms with Gasteiger partial charge in [0.2, 0.25) is 0 Å². The molecule has 0 aliphatic rings. The fraction of sp³-hybridized carbons (Fsp3) is 0.238. The molecule has 0 bridgehead atoms. The quantitative estimate of drug-likeness (QED) is 0.614. The molecule has 2 aromatic carbocycles. The third kappa shape index (κ3) is 4.11. The van der Waals surface area contributed by atoms with E-state index in [-0.39, 0.29) is 0 Å². The standard InChI is InChI=1S/C21H25N/c1-5-9-17(3)18(4)14-16(2)15-22-21-13-8-11-19-10-6-7-12-20(19)21/h5-13,15,18,22H,1,14H2,2-4H3/b16-15-,17-9+. The predicted molar refractivity (Wildman–Crippen MR) is 99.1 cm³/mol. The second-order valence-electron chi connectivity index (χ2n) is 5.91. The van der Waals surface area contributed by atoms with Crippen LogP contribution in [-0.4, -0.2) is 0 Å². The Hall–Kier alpha value is -2.28. The summed E-state index contributed by atoms with van der Waals surface area (Å²) in [7, 11) is 0. The Bertz CT molecular complexity index is 701. The molecule has 0 fully saturated rings. The minimum Gasteiger partial charge on any atom is -0.361 e. The van der Waals surface area contributed by atoms with Crippen molar-refractivity contribution < 1.29 is 0 Å². The van der Waals surface area contributed by atoms with Crippen LogP contribution in [0, 0.1) is 5.92 Å². The Morgan fingerprint density at radius 1 is 1.14 bits per heavy atom. The molecule has 2 aromatic rings. The zero-order valence-corrected chi connectivity index (χ0v) is 13.8. The Balaban J connectivity index is 2.10. The molecule has 0 amide bonds. The first kappa shape index (κ1) is 16.1. The van der Waals surface area contributed by atoms with E-state index in [4.69, 9.17) is 0 Å². The van der Waals surface area contributed by atoms with Crippen molar-refractivity contribution >= 4 is 16.5 Å². The van der Waals surface area contributed by atoms with Crippen LogP contribution in [0.5, 0.6) is 0 Å². The average molecular weight is 291 g/mol. The van der Waals surface area contributed by atoms with Gasteiger partial charge in [-0.15, -0.1) is 0 Å². The lowest BCUT2D eigenvalue weighted by Gasteiger charge is -2.13. The van der Waals surface area contributed by atoms with Crippen molar-refractivity contribution in [3.8, 4) is 0 Å². The predicted octanol–water partition coefficient (Wildman–Crippen LogP) is 6.31. The zero-order valence-electron chi connectivity index (χ0n) is 13.8. The van der Waals surface area contributed by atoms with Crippen LogP contribution in [0.3, 0.4) is 0 Å². The van der Waals surface area contributed by atoms with Gasteiger partial charge in [-0.3, -0.25) is 0 Å². The van der Waals surface area contributed by atoms with Gasteiger partial charge >= 0.3 is 0 Å². The molecule has 1 unspecified atom stereocenters. The van der Waals surface area contributed by atoms with Gasteiger partial charge < -0.3 is 5.32 Å². The van der Waals surface area contributed by atoms with Gasteiger partial charge in [-0.25, -0.2) is 0 Å². The van der Waals surface area contributed by atoms with Gasteiger partial charge in [0, 0.05) is 11.1 Å². The highest BCUT2D eigenvalue weighted by molar-refractivity contribution is 5.94. The smallest absolute Gasteiger partial charge is 0.0459 e. The first-order valence-corrected chi connectivity index (χ1v) is 7.81. The average Bonchev–Trinajstić information content (AvgIpc) is 2.53. The Kier molecular flexibility index (Phi) is 5.60. The van der Waals surface area contributed by atoms with Gasteiger partial charge in [-0.1, -0.05) is 73.2 Å². The van der Waals surface area contributed by atoms with E-state index < -0.39 is 0 Å². The molecule has 1 nitrogen and oxygen atoms in total. The summed E-state index contributed by atoms with van der Waals surface area (Å²) in [6, 6.07) is 14.8. The molecule has 0 saturated heterocycles. The maximum Gasteiger partial charge on any atom is 0.0459 e. The Morgan fingerprint density at radius 3 is 2.64 bits per heavy atom. The fourth-order valence-electron chi connectivity index (χ4n) is 2.61. The van der Waals surface area contributed by atoms with Gasteiger partial charge in [-0.2, -0.15) is 0 Å². The number of hydrogen-bond donors (Lipinski definition) is 1. The van der Waals surface area contributed by atoms with E-state index in [9.17, 15) is 0 Å². The SMILES string of the molecule is C=C/C=C(\C)C(C)C/C(C)=C\Nc1cccc2ccccc12. The van der Waals surface area contributed by atoms with Crippen molar-refractivity contribution in [1.29, 1.82) is 0 Å². The second-order valence-corrected chi connectivity index (χ2v) is 5.91. The van der Waals surface area contributed by atoms with Gasteiger partial charge in [0.15, 0.2) is 0 Å². The van der Waals surface area contributed by atoms with Crippen molar-refractivity contribution in [2.24, 2.45) is 5.92 Å². The monoisotopic (exact) mass is 291 g/mol. The molecule has 1 N–H and O–H groups in total. The Labute approximate surface area is 134 Å². The molecule has 0 heterocycles. The van der Waals surface area contributed by atoms with Crippen molar-refractivity contribution in [3.05, 3.63) is 78.5 Å². The van der Waals surface area contributed by atoms with Gasteiger partial charge in [0.05, 0.1) is 0 Å². The summed E-state index contributed by atoms with van der Waals surface area (Å²) in [6.45, 7) is 10.4. The lowest BCUT2D eigenvalue weighted by Crippen LogP contribution is -1.99. The van der Waals surface area contributed by atoms with Crippen LogP contribution in [0.4, 0.5) is 5.69 Å². The second kappa shape index (κ2) is 7.65. The molecular formula is C21H25N. The third-order valence-corrected chi connectivity index (χ3v) is 4.05. The molecule has 0 radical (unpaired) electrons. The highest BCUT2D eigenvalue weighted by Crippen LogP contribution is 2.24. The van der Waals surface area contributed by atoms with E-state index in [2.05, 4.69) is 87.4 Å². The summed E-state index contributed by atoms with van der Waals surface area (Å²) in [5.74, 6) is 0.531. The van der Waals surface area contributed by atoms with Crippen molar-refractivity contribution in [2.45, 2.75) is 27.2 Å². The van der Waals surface area contributed by atoms with Crippen LogP contribution in [0.25, 0.3) is 10.8 Å². The van der Waals surface area contributed by atoms with E-state index in [1.54, 1.807) is 0 Å². The molecule has 22 heavy (non-hydrogen) atoms. The summed E-state index contributed by atoms with van der Waals surface area (Å²) in [6.07, 6.45) is 7.13. The summed E-state index contributed by atoms with van der Waals surface area (Å²) < 4.78 is 0. The van der Waals surface area contributed by atoms with Crippen LogP contribution < -0.4 is 5.32 Å². The van der Waals surface area contributed by atoms with Crippen molar-refractivity contribution in [2.75, 3.05) is 5.32 Å². The molecule has 1 heteroatoms. The molecule has 0 saturated carbocycles. The number of nitrogens with one attached hydrogen (secondary N) is 1. The highest BCUT2D eigenvalue weighted by atomic mass is 14.8. The van der Waals surface area contributed by atoms with Crippen LogP contribution in [0.1, 0.15) is 27.2 Å². The highest BCUT2D eigenvalue weighted by Gasteiger charge is 2.05. The molecule has 0 spiro atoms. The van der Waals surface area contributed by atoms with E-state index >= 15 is 0 Å². The fourth-order valence-corrected chi connectivity index (χ4v) is 2.61. The zero-order chi connectivity index (χ0) is 15.9. The van der Waals surface area contributed by atoms with Crippen LogP contribution in [-0.2, 0) is 0 Å². The Morgan fingerprint density at radius 2 is 1.86 bits per heavy atom. The molecule has 1 atom stereocenters. The number of rotatable bonds is 6. The molecule has 0 aliphatic carbocycles. The molecule has 0 aromatic heterocycles. The molecule has 0 aliphatic heterocycles. The summed E-state index contributed by atoms with van der Waals surface area (Å²) >= 11 is 0.